The molecule has 2 aromatic carbocycles. The number of nitrogens with zero attached hydrogens (tertiary/aromatic N) is 1. The number of rotatable bonds is 7. The van der Waals surface area contributed by atoms with Crippen molar-refractivity contribution in [3.05, 3.63) is 65.9 Å². The van der Waals surface area contributed by atoms with Gasteiger partial charge in [0.25, 0.3) is 0 Å². The summed E-state index contributed by atoms with van der Waals surface area (Å²) in [5, 5.41) is 13.5. The van der Waals surface area contributed by atoms with Crippen LogP contribution in [0.5, 0.6) is 5.75 Å². The molecule has 146 valence electrons. The van der Waals surface area contributed by atoms with Crippen LogP contribution in [0.1, 0.15) is 29.1 Å². The average molecular weight is 402 g/mol. The molecule has 0 aliphatic heterocycles. The first-order chi connectivity index (χ1) is 13.3. The number of carboxylic acids is 1. The molecule has 0 fully saturated rings. The second kappa shape index (κ2) is 7.83. The van der Waals surface area contributed by atoms with Gasteiger partial charge < -0.3 is 14.4 Å². The van der Waals surface area contributed by atoms with E-state index in [1.54, 1.807) is 30.3 Å². The Morgan fingerprint density at radius 1 is 1.14 bits per heavy atom. The van der Waals surface area contributed by atoms with Crippen LogP contribution in [0.3, 0.4) is 0 Å². The van der Waals surface area contributed by atoms with Crippen molar-refractivity contribution in [1.29, 1.82) is 0 Å². The van der Waals surface area contributed by atoms with Gasteiger partial charge in [-0.25, -0.2) is 17.9 Å². The molecule has 2 N–H and O–H groups in total. The Kier molecular flexibility index (Phi) is 5.48. The molecule has 0 aliphatic rings. The van der Waals surface area contributed by atoms with Gasteiger partial charge in [-0.15, -0.1) is 0 Å². The minimum absolute atomic E-state index is 0.0137. The number of aromatic carboxylic acids is 1. The fourth-order valence-corrected chi connectivity index (χ4v) is 3.91. The third kappa shape index (κ3) is 3.90. The van der Waals surface area contributed by atoms with E-state index in [0.717, 1.165) is 0 Å². The predicted molar refractivity (Wildman–Crippen MR) is 101 cm³/mol. The SMILES string of the molecule is COc1ccc(S(=O)(=O)N[C@H](C)c2onc(-c3ccccc3)c2C(=O)O)cc1. The van der Waals surface area contributed by atoms with E-state index in [1.165, 1.54) is 38.3 Å². The van der Waals surface area contributed by atoms with E-state index in [-0.39, 0.29) is 21.9 Å². The molecule has 0 radical (unpaired) electrons. The highest BCUT2D eigenvalue weighted by Crippen LogP contribution is 2.30. The van der Waals surface area contributed by atoms with Gasteiger partial charge in [0.05, 0.1) is 18.0 Å². The molecule has 0 aliphatic carbocycles. The molecule has 0 saturated heterocycles. The highest BCUT2D eigenvalue weighted by molar-refractivity contribution is 7.89. The van der Waals surface area contributed by atoms with E-state index in [1.807, 2.05) is 0 Å². The maximum atomic E-state index is 12.6. The highest BCUT2D eigenvalue weighted by atomic mass is 32.2. The molecule has 1 atom stereocenters. The summed E-state index contributed by atoms with van der Waals surface area (Å²) in [6.45, 7) is 1.49. The van der Waals surface area contributed by atoms with Crippen molar-refractivity contribution in [2.24, 2.45) is 0 Å². The topological polar surface area (TPSA) is 119 Å². The van der Waals surface area contributed by atoms with Crippen molar-refractivity contribution in [2.45, 2.75) is 17.9 Å². The monoisotopic (exact) mass is 402 g/mol. The molecule has 1 aromatic heterocycles. The van der Waals surface area contributed by atoms with Gasteiger partial charge in [-0.1, -0.05) is 35.5 Å². The smallest absolute Gasteiger partial charge is 0.341 e. The van der Waals surface area contributed by atoms with Gasteiger partial charge in [0.15, 0.2) is 5.76 Å². The van der Waals surface area contributed by atoms with Crippen molar-refractivity contribution in [3.63, 3.8) is 0 Å². The van der Waals surface area contributed by atoms with Gasteiger partial charge in [0.2, 0.25) is 10.0 Å². The molecular weight excluding hydrogens is 384 g/mol. The summed E-state index contributed by atoms with van der Waals surface area (Å²) < 4.78 is 37.9. The Morgan fingerprint density at radius 3 is 2.36 bits per heavy atom. The van der Waals surface area contributed by atoms with Crippen LogP contribution in [-0.2, 0) is 10.0 Å². The number of sulfonamides is 1. The summed E-state index contributed by atoms with van der Waals surface area (Å²) in [6, 6.07) is 13.5. The summed E-state index contributed by atoms with van der Waals surface area (Å²) in [7, 11) is -2.44. The van der Waals surface area contributed by atoms with Crippen LogP contribution >= 0.6 is 0 Å². The Morgan fingerprint density at radius 2 is 1.79 bits per heavy atom. The lowest BCUT2D eigenvalue weighted by Crippen LogP contribution is -2.27. The Balaban J connectivity index is 1.93. The van der Waals surface area contributed by atoms with Gasteiger partial charge >= 0.3 is 5.97 Å². The number of hydrogen-bond donors (Lipinski definition) is 2. The predicted octanol–water partition coefficient (Wildman–Crippen LogP) is 3.09. The fraction of sp³-hybridized carbons (Fsp3) is 0.158. The van der Waals surface area contributed by atoms with Crippen LogP contribution in [0.2, 0.25) is 0 Å². The Bertz CT molecular complexity index is 1080. The molecule has 0 amide bonds. The summed E-state index contributed by atoms with van der Waals surface area (Å²) in [4.78, 5) is 11.8. The van der Waals surface area contributed by atoms with Gasteiger partial charge in [-0.05, 0) is 31.2 Å². The number of hydrogen-bond acceptors (Lipinski definition) is 6. The molecule has 9 heteroatoms. The number of carboxylic acid groups (broad SMARTS) is 1. The zero-order valence-corrected chi connectivity index (χ0v) is 15.9. The lowest BCUT2D eigenvalue weighted by atomic mass is 10.0. The van der Waals surface area contributed by atoms with E-state index in [2.05, 4.69) is 9.88 Å². The number of carbonyl (C=O) groups is 1. The standard InChI is InChI=1S/C19H18N2O6S/c1-12(21-28(24,25)15-10-8-14(26-2)9-11-15)18-16(19(22)23)17(20-27-18)13-6-4-3-5-7-13/h3-12,21H,1-2H3,(H,22,23)/t12-/m1/s1. The largest absolute Gasteiger partial charge is 0.497 e. The molecule has 8 nitrogen and oxygen atoms in total. The third-order valence-electron chi connectivity index (χ3n) is 4.07. The molecule has 28 heavy (non-hydrogen) atoms. The Hall–Kier alpha value is -3.17. The first-order valence-corrected chi connectivity index (χ1v) is 9.76. The van der Waals surface area contributed by atoms with Crippen molar-refractivity contribution < 1.29 is 27.6 Å². The minimum Gasteiger partial charge on any atom is -0.497 e. The van der Waals surface area contributed by atoms with Crippen LogP contribution in [0, 0.1) is 0 Å². The van der Waals surface area contributed by atoms with E-state index in [9.17, 15) is 18.3 Å². The number of aromatic nitrogens is 1. The molecule has 0 spiro atoms. The molecule has 3 rings (SSSR count). The van der Waals surface area contributed by atoms with E-state index < -0.39 is 22.0 Å². The zero-order valence-electron chi connectivity index (χ0n) is 15.1. The van der Waals surface area contributed by atoms with Crippen LogP contribution in [0.4, 0.5) is 0 Å². The molecule has 0 bridgehead atoms. The van der Waals surface area contributed by atoms with Gasteiger partial charge in [-0.2, -0.15) is 0 Å². The lowest BCUT2D eigenvalue weighted by molar-refractivity contribution is 0.0694. The quantitative estimate of drug-likeness (QED) is 0.623. The van der Waals surface area contributed by atoms with Crippen LogP contribution < -0.4 is 9.46 Å². The molecular formula is C19H18N2O6S. The normalized spacial score (nSPS) is 12.5. The first-order valence-electron chi connectivity index (χ1n) is 8.28. The highest BCUT2D eigenvalue weighted by Gasteiger charge is 2.29. The lowest BCUT2D eigenvalue weighted by Gasteiger charge is -2.13. The maximum Gasteiger partial charge on any atom is 0.341 e. The van der Waals surface area contributed by atoms with Gasteiger partial charge in [-0.3, -0.25) is 0 Å². The van der Waals surface area contributed by atoms with Crippen molar-refractivity contribution in [3.8, 4) is 17.0 Å². The van der Waals surface area contributed by atoms with E-state index in [4.69, 9.17) is 9.26 Å². The van der Waals surface area contributed by atoms with Crippen molar-refractivity contribution >= 4 is 16.0 Å². The zero-order chi connectivity index (χ0) is 20.3. The third-order valence-corrected chi connectivity index (χ3v) is 5.63. The summed E-state index contributed by atoms with van der Waals surface area (Å²) in [5.41, 5.74) is 0.509. The summed E-state index contributed by atoms with van der Waals surface area (Å²) in [5.74, 6) is -0.822. The second-order valence-electron chi connectivity index (χ2n) is 5.96. The molecule has 0 unspecified atom stereocenters. The number of methoxy groups -OCH3 is 1. The van der Waals surface area contributed by atoms with E-state index >= 15 is 0 Å². The second-order valence-corrected chi connectivity index (χ2v) is 7.67. The Labute approximate surface area is 161 Å². The van der Waals surface area contributed by atoms with E-state index in [0.29, 0.717) is 11.3 Å². The fourth-order valence-electron chi connectivity index (χ4n) is 2.71. The summed E-state index contributed by atoms with van der Waals surface area (Å²) >= 11 is 0. The van der Waals surface area contributed by atoms with Gasteiger partial charge in [0, 0.05) is 5.56 Å². The molecule has 3 aromatic rings. The molecule has 0 saturated carbocycles. The number of nitrogens with one attached hydrogen (secondary N) is 1. The number of benzene rings is 2. The van der Waals surface area contributed by atoms with Crippen LogP contribution in [-0.4, -0.2) is 31.8 Å². The summed E-state index contributed by atoms with van der Waals surface area (Å²) in [6.07, 6.45) is 0. The van der Waals surface area contributed by atoms with Crippen molar-refractivity contribution in [1.82, 2.24) is 9.88 Å². The molecule has 1 heterocycles. The van der Waals surface area contributed by atoms with Crippen LogP contribution in [0.15, 0.2) is 64.0 Å². The number of ether oxygens (including phenoxy) is 1. The van der Waals surface area contributed by atoms with Gasteiger partial charge in [0.1, 0.15) is 17.0 Å². The maximum absolute atomic E-state index is 12.6. The minimum atomic E-state index is -3.92. The first kappa shape index (κ1) is 19.6. The average Bonchev–Trinajstić information content (AvgIpc) is 3.14. The van der Waals surface area contributed by atoms with Crippen molar-refractivity contribution in [2.75, 3.05) is 7.11 Å². The van der Waals surface area contributed by atoms with Crippen LogP contribution in [0.25, 0.3) is 11.3 Å².